The molecule has 3 heterocycles. The highest BCUT2D eigenvalue weighted by molar-refractivity contribution is 5.83. The molecular formula is C50H63N3O9. The first-order valence-corrected chi connectivity index (χ1v) is 22.0. The van der Waals surface area contributed by atoms with Gasteiger partial charge in [-0.25, -0.2) is 0 Å². The lowest BCUT2D eigenvalue weighted by Crippen LogP contribution is -2.07. The Morgan fingerprint density at radius 3 is 1.47 bits per heavy atom. The lowest BCUT2D eigenvalue weighted by Gasteiger charge is -2.20. The number of aryl methyl sites for hydroxylation is 7. The minimum absolute atomic E-state index is 0.437. The van der Waals surface area contributed by atoms with Gasteiger partial charge < -0.3 is 42.0 Å². The van der Waals surface area contributed by atoms with Crippen molar-refractivity contribution in [1.29, 1.82) is 0 Å². The van der Waals surface area contributed by atoms with Crippen LogP contribution >= 0.6 is 0 Å². The zero-order valence-electron chi connectivity index (χ0n) is 37.4. The Morgan fingerprint density at radius 2 is 0.855 bits per heavy atom. The summed E-state index contributed by atoms with van der Waals surface area (Å²) in [5.41, 5.74) is 10.1. The predicted molar refractivity (Wildman–Crippen MR) is 238 cm³/mol. The van der Waals surface area contributed by atoms with Crippen LogP contribution in [0.4, 0.5) is 0 Å². The zero-order chi connectivity index (χ0) is 43.5. The fourth-order valence-corrected chi connectivity index (χ4v) is 7.06. The largest absolute Gasteiger partial charge is 0.493 e. The van der Waals surface area contributed by atoms with Crippen molar-refractivity contribution in [2.45, 2.75) is 99.5 Å². The molecule has 6 aromatic rings. The number of benzene rings is 3. The van der Waals surface area contributed by atoms with Gasteiger partial charge in [-0.05, 0) is 128 Å². The standard InChI is InChI=1S/C50H63N3O9/c1-35-14-16-48(57-23-9-7-19-55-26-18-42-31-39(5)61-52-42)45(27-35)44-33-50(59-25-12-22-54-21-11-13-41-30-38(4)60-51-41)47(29-37(44)3)46-28-36(2)15-17-49(46)58-24-10-8-20-56-34-43-32-40(6)62-53-43/h14-17,27-33H,7-13,18-26,34H2,1-6H3. The van der Waals surface area contributed by atoms with E-state index in [1.54, 1.807) is 0 Å². The second kappa shape index (κ2) is 24.3. The van der Waals surface area contributed by atoms with E-state index in [0.29, 0.717) is 59.5 Å². The highest BCUT2D eigenvalue weighted by atomic mass is 16.5. The van der Waals surface area contributed by atoms with Crippen molar-refractivity contribution in [1.82, 2.24) is 15.5 Å². The molecule has 0 atom stereocenters. The molecule has 0 N–H and O–H groups in total. The van der Waals surface area contributed by atoms with Gasteiger partial charge in [-0.3, -0.25) is 0 Å². The van der Waals surface area contributed by atoms with Crippen LogP contribution in [-0.2, 0) is 33.7 Å². The summed E-state index contributed by atoms with van der Waals surface area (Å²) in [5, 5.41) is 12.1. The number of hydrogen-bond donors (Lipinski definition) is 0. The van der Waals surface area contributed by atoms with Crippen LogP contribution in [0.2, 0.25) is 0 Å². The molecule has 0 aliphatic carbocycles. The van der Waals surface area contributed by atoms with E-state index in [2.05, 4.69) is 84.8 Å². The minimum Gasteiger partial charge on any atom is -0.493 e. The molecular weight excluding hydrogens is 787 g/mol. The maximum atomic E-state index is 6.68. The van der Waals surface area contributed by atoms with Crippen molar-refractivity contribution in [3.05, 3.63) is 118 Å². The molecule has 6 rings (SSSR count). The van der Waals surface area contributed by atoms with Gasteiger partial charge in [-0.15, -0.1) is 0 Å². The molecule has 332 valence electrons. The molecule has 0 spiro atoms. The van der Waals surface area contributed by atoms with E-state index < -0.39 is 0 Å². The fraction of sp³-hybridized carbons (Fsp3) is 0.460. The van der Waals surface area contributed by atoms with E-state index in [1.807, 2.05) is 39.0 Å². The van der Waals surface area contributed by atoms with E-state index in [1.165, 1.54) is 0 Å². The average Bonchev–Trinajstić information content (AvgIpc) is 4.00. The summed E-state index contributed by atoms with van der Waals surface area (Å²) >= 11 is 0. The lowest BCUT2D eigenvalue weighted by atomic mass is 9.92. The fourth-order valence-electron chi connectivity index (χ4n) is 7.06. The summed E-state index contributed by atoms with van der Waals surface area (Å²) in [5.74, 6) is 4.86. The van der Waals surface area contributed by atoms with E-state index in [9.17, 15) is 0 Å². The van der Waals surface area contributed by atoms with Crippen LogP contribution in [0.1, 0.15) is 89.6 Å². The van der Waals surface area contributed by atoms with Crippen molar-refractivity contribution < 1.29 is 42.0 Å². The van der Waals surface area contributed by atoms with Crippen molar-refractivity contribution in [2.75, 3.05) is 52.9 Å². The highest BCUT2D eigenvalue weighted by Crippen LogP contribution is 2.43. The number of unbranched alkanes of at least 4 members (excludes halogenated alkanes) is 2. The Hall–Kier alpha value is -5.43. The van der Waals surface area contributed by atoms with Gasteiger partial charge in [0.25, 0.3) is 0 Å². The van der Waals surface area contributed by atoms with Crippen molar-refractivity contribution >= 4 is 0 Å². The van der Waals surface area contributed by atoms with Crippen LogP contribution in [0.15, 0.2) is 80.3 Å². The zero-order valence-corrected chi connectivity index (χ0v) is 37.4. The number of ether oxygens (including phenoxy) is 6. The highest BCUT2D eigenvalue weighted by Gasteiger charge is 2.19. The third kappa shape index (κ3) is 14.6. The maximum Gasteiger partial charge on any atom is 0.134 e. The van der Waals surface area contributed by atoms with E-state index in [-0.39, 0.29) is 0 Å². The first-order chi connectivity index (χ1) is 30.2. The molecule has 0 aliphatic rings. The second-order valence-corrected chi connectivity index (χ2v) is 15.9. The van der Waals surface area contributed by atoms with Gasteiger partial charge in [0, 0.05) is 74.2 Å². The molecule has 0 unspecified atom stereocenters. The molecule has 3 aromatic carbocycles. The van der Waals surface area contributed by atoms with Gasteiger partial charge in [0.1, 0.15) is 40.2 Å². The molecule has 12 heteroatoms. The SMILES string of the molecule is Cc1ccc(OCCCCOCCc2cc(C)on2)c(-c2cc(OCCCOCCCc3cc(C)on3)c(-c3cc(C)ccc3OCCCCOCc3cc(C)on3)cc2C)c1. The van der Waals surface area contributed by atoms with Crippen LogP contribution in [0.3, 0.4) is 0 Å². The molecule has 0 amide bonds. The molecule has 0 saturated carbocycles. The van der Waals surface area contributed by atoms with Crippen molar-refractivity contribution in [3.8, 4) is 39.5 Å². The maximum absolute atomic E-state index is 6.68. The van der Waals surface area contributed by atoms with E-state index in [0.717, 1.165) is 142 Å². The lowest BCUT2D eigenvalue weighted by molar-refractivity contribution is 0.109. The quantitative estimate of drug-likeness (QED) is 0.0435. The molecule has 0 saturated heterocycles. The summed E-state index contributed by atoms with van der Waals surface area (Å²) in [6, 6.07) is 22.9. The number of rotatable bonds is 28. The van der Waals surface area contributed by atoms with Gasteiger partial charge in [0.05, 0.1) is 44.4 Å². The molecule has 0 radical (unpaired) electrons. The molecule has 0 aliphatic heterocycles. The van der Waals surface area contributed by atoms with Gasteiger partial charge in [-0.2, -0.15) is 0 Å². The van der Waals surface area contributed by atoms with E-state index in [4.69, 9.17) is 42.0 Å². The van der Waals surface area contributed by atoms with Gasteiger partial charge in [-0.1, -0.05) is 38.7 Å². The van der Waals surface area contributed by atoms with Gasteiger partial charge >= 0.3 is 0 Å². The molecule has 3 aromatic heterocycles. The Labute approximate surface area is 366 Å². The first-order valence-electron chi connectivity index (χ1n) is 22.0. The first kappa shape index (κ1) is 46.1. The summed E-state index contributed by atoms with van der Waals surface area (Å²) < 4.78 is 52.8. The molecule has 12 nitrogen and oxygen atoms in total. The predicted octanol–water partition coefficient (Wildman–Crippen LogP) is 11.0. The topological polar surface area (TPSA) is 133 Å². The van der Waals surface area contributed by atoms with Crippen LogP contribution in [0, 0.1) is 41.5 Å². The smallest absolute Gasteiger partial charge is 0.134 e. The van der Waals surface area contributed by atoms with Crippen molar-refractivity contribution in [2.24, 2.45) is 0 Å². The second-order valence-electron chi connectivity index (χ2n) is 15.9. The van der Waals surface area contributed by atoms with Crippen LogP contribution in [0.25, 0.3) is 22.3 Å². The Balaban J connectivity index is 1.11. The summed E-state index contributed by atoms with van der Waals surface area (Å²) in [7, 11) is 0. The Bertz CT molecular complexity index is 2260. The minimum atomic E-state index is 0.437. The van der Waals surface area contributed by atoms with E-state index >= 15 is 0 Å². The summed E-state index contributed by atoms with van der Waals surface area (Å²) in [4.78, 5) is 0. The number of hydrogen-bond acceptors (Lipinski definition) is 12. The Kier molecular flexibility index (Phi) is 18.0. The van der Waals surface area contributed by atoms with Crippen LogP contribution < -0.4 is 14.2 Å². The third-order valence-electron chi connectivity index (χ3n) is 10.3. The molecule has 0 fully saturated rings. The average molecular weight is 850 g/mol. The monoisotopic (exact) mass is 849 g/mol. The third-order valence-corrected chi connectivity index (χ3v) is 10.3. The molecule has 0 bridgehead atoms. The number of aromatic nitrogens is 3. The van der Waals surface area contributed by atoms with Gasteiger partial charge in [0.15, 0.2) is 0 Å². The molecule has 62 heavy (non-hydrogen) atoms. The summed E-state index contributed by atoms with van der Waals surface area (Å²) in [6.07, 6.45) is 6.66. The normalized spacial score (nSPS) is 11.4. The van der Waals surface area contributed by atoms with Crippen LogP contribution in [-0.4, -0.2) is 68.3 Å². The van der Waals surface area contributed by atoms with Crippen molar-refractivity contribution in [3.63, 3.8) is 0 Å². The Morgan fingerprint density at radius 1 is 0.387 bits per heavy atom. The summed E-state index contributed by atoms with van der Waals surface area (Å²) in [6.45, 7) is 17.2. The number of nitrogens with zero attached hydrogens (tertiary/aromatic N) is 3. The van der Waals surface area contributed by atoms with Gasteiger partial charge in [0.2, 0.25) is 0 Å². The van der Waals surface area contributed by atoms with Crippen LogP contribution in [0.5, 0.6) is 17.2 Å².